The molecular formula is C18H18ClF2IN2O3. The second kappa shape index (κ2) is 8.68. The van der Waals surface area contributed by atoms with Gasteiger partial charge in [0.1, 0.15) is 5.60 Å². The number of aliphatic hydroxyl groups excluding tert-OH is 1. The van der Waals surface area contributed by atoms with Crippen LogP contribution in [-0.2, 0) is 4.84 Å². The molecule has 0 atom stereocenters. The molecule has 0 spiro atoms. The Labute approximate surface area is 174 Å². The summed E-state index contributed by atoms with van der Waals surface area (Å²) in [7, 11) is 0. The van der Waals surface area contributed by atoms with Crippen molar-refractivity contribution in [2.75, 3.05) is 11.9 Å². The van der Waals surface area contributed by atoms with E-state index in [-0.39, 0.29) is 17.9 Å². The van der Waals surface area contributed by atoms with Crippen LogP contribution in [0.3, 0.4) is 0 Å². The molecule has 27 heavy (non-hydrogen) atoms. The van der Waals surface area contributed by atoms with E-state index in [0.717, 1.165) is 15.2 Å². The Morgan fingerprint density at radius 1 is 1.30 bits per heavy atom. The molecule has 2 aromatic carbocycles. The minimum Gasteiger partial charge on any atom is -0.393 e. The van der Waals surface area contributed by atoms with Crippen LogP contribution in [-0.4, -0.2) is 23.2 Å². The highest BCUT2D eigenvalue weighted by Gasteiger charge is 2.25. The van der Waals surface area contributed by atoms with Gasteiger partial charge in [-0.2, -0.15) is 0 Å². The van der Waals surface area contributed by atoms with Gasteiger partial charge in [0.05, 0.1) is 22.9 Å². The molecular weight excluding hydrogens is 493 g/mol. The number of rotatable bonds is 6. The first-order valence-corrected chi connectivity index (χ1v) is 9.31. The molecule has 0 fully saturated rings. The van der Waals surface area contributed by atoms with Gasteiger partial charge in [-0.25, -0.2) is 14.3 Å². The molecule has 9 heteroatoms. The number of hydrogen-bond donors (Lipinski definition) is 3. The minimum absolute atomic E-state index is 0.245. The van der Waals surface area contributed by atoms with Gasteiger partial charge in [-0.15, -0.1) is 0 Å². The maximum Gasteiger partial charge on any atom is 0.277 e. The fraction of sp³-hybridized carbons (Fsp3) is 0.278. The van der Waals surface area contributed by atoms with Crippen LogP contribution in [0.2, 0.25) is 5.02 Å². The Morgan fingerprint density at radius 2 is 1.96 bits per heavy atom. The lowest BCUT2D eigenvalue weighted by Crippen LogP contribution is -2.38. The number of nitrogens with one attached hydrogen (secondary N) is 2. The Balaban J connectivity index is 2.43. The van der Waals surface area contributed by atoms with Crippen molar-refractivity contribution in [3.05, 3.63) is 55.6 Å². The maximum atomic E-state index is 14.5. The van der Waals surface area contributed by atoms with E-state index in [1.165, 1.54) is 0 Å². The first-order chi connectivity index (χ1) is 12.6. The quantitative estimate of drug-likeness (QED) is 0.299. The van der Waals surface area contributed by atoms with Crippen LogP contribution in [0, 0.1) is 22.1 Å². The summed E-state index contributed by atoms with van der Waals surface area (Å²) in [4.78, 5) is 17.6. The number of carbonyl (C=O) groups excluding carboxylic acids is 1. The number of anilines is 2. The molecule has 0 saturated heterocycles. The Morgan fingerprint density at radius 3 is 2.56 bits per heavy atom. The van der Waals surface area contributed by atoms with Crippen molar-refractivity contribution in [1.29, 1.82) is 0 Å². The number of aliphatic hydroxyl groups is 1. The molecule has 0 radical (unpaired) electrons. The maximum absolute atomic E-state index is 14.5. The monoisotopic (exact) mass is 510 g/mol. The molecule has 0 saturated carbocycles. The van der Waals surface area contributed by atoms with Crippen LogP contribution < -0.4 is 10.8 Å². The van der Waals surface area contributed by atoms with Gasteiger partial charge in [0, 0.05) is 9.26 Å². The first-order valence-electron chi connectivity index (χ1n) is 7.85. The van der Waals surface area contributed by atoms with E-state index in [0.29, 0.717) is 5.69 Å². The molecule has 3 N–H and O–H groups in total. The van der Waals surface area contributed by atoms with Gasteiger partial charge in [0.25, 0.3) is 5.91 Å². The van der Waals surface area contributed by atoms with Crippen molar-refractivity contribution in [3.8, 4) is 0 Å². The lowest BCUT2D eigenvalue weighted by Gasteiger charge is -2.22. The number of amides is 1. The van der Waals surface area contributed by atoms with Gasteiger partial charge in [0.15, 0.2) is 11.6 Å². The number of aryl methyl sites for hydroxylation is 1. The molecule has 0 aliphatic rings. The predicted molar refractivity (Wildman–Crippen MR) is 108 cm³/mol. The summed E-state index contributed by atoms with van der Waals surface area (Å²) in [5, 5.41) is 11.4. The summed E-state index contributed by atoms with van der Waals surface area (Å²) in [5.74, 6) is -3.40. The third-order valence-electron chi connectivity index (χ3n) is 3.66. The van der Waals surface area contributed by atoms with Crippen molar-refractivity contribution in [1.82, 2.24) is 5.48 Å². The molecule has 0 unspecified atom stereocenters. The van der Waals surface area contributed by atoms with Gasteiger partial charge in [-0.05, 0) is 73.2 Å². The van der Waals surface area contributed by atoms with Crippen molar-refractivity contribution < 1.29 is 23.5 Å². The second-order valence-electron chi connectivity index (χ2n) is 6.44. The molecule has 5 nitrogen and oxygen atoms in total. The summed E-state index contributed by atoms with van der Waals surface area (Å²) < 4.78 is 29.5. The summed E-state index contributed by atoms with van der Waals surface area (Å²) >= 11 is 7.83. The molecule has 0 aliphatic heterocycles. The molecule has 0 aromatic heterocycles. The van der Waals surface area contributed by atoms with Gasteiger partial charge < -0.3 is 10.4 Å². The number of carbonyl (C=O) groups is 1. The topological polar surface area (TPSA) is 70.6 Å². The molecule has 0 aliphatic carbocycles. The molecule has 1 amide bonds. The average Bonchev–Trinajstić information content (AvgIpc) is 2.61. The largest absolute Gasteiger partial charge is 0.393 e. The zero-order chi connectivity index (χ0) is 20.4. The van der Waals surface area contributed by atoms with E-state index in [2.05, 4.69) is 33.4 Å². The summed E-state index contributed by atoms with van der Waals surface area (Å²) in [6.07, 6.45) is 0. The number of benzene rings is 2. The number of hydrogen-bond acceptors (Lipinski definition) is 4. The Kier molecular flexibility index (Phi) is 7.01. The highest BCUT2D eigenvalue weighted by molar-refractivity contribution is 14.1. The van der Waals surface area contributed by atoms with E-state index in [1.807, 2.05) is 6.07 Å². The van der Waals surface area contributed by atoms with Crippen LogP contribution in [0.5, 0.6) is 0 Å². The Hall–Kier alpha value is -1.49. The number of hydroxylamine groups is 1. The first kappa shape index (κ1) is 21.8. The van der Waals surface area contributed by atoms with Gasteiger partial charge in [-0.3, -0.25) is 9.63 Å². The SMILES string of the molecule is Cc1cc(I)ccc1Nc1c(C(=O)NOC(C)(C)CO)cc(Cl)c(F)c1F. The zero-order valence-electron chi connectivity index (χ0n) is 14.8. The molecule has 0 heterocycles. The summed E-state index contributed by atoms with van der Waals surface area (Å²) in [5.41, 5.74) is 1.73. The molecule has 2 rings (SSSR count). The summed E-state index contributed by atoms with van der Waals surface area (Å²) in [6.45, 7) is 4.51. The van der Waals surface area contributed by atoms with Crippen molar-refractivity contribution in [2.45, 2.75) is 26.4 Å². The van der Waals surface area contributed by atoms with E-state index in [9.17, 15) is 18.7 Å². The van der Waals surface area contributed by atoms with E-state index < -0.39 is 28.2 Å². The third-order valence-corrected chi connectivity index (χ3v) is 4.60. The lowest BCUT2D eigenvalue weighted by molar-refractivity contribution is -0.0956. The van der Waals surface area contributed by atoms with Crippen LogP contribution >= 0.6 is 34.2 Å². The van der Waals surface area contributed by atoms with Crippen LogP contribution in [0.15, 0.2) is 24.3 Å². The normalized spacial score (nSPS) is 11.4. The average molecular weight is 511 g/mol. The van der Waals surface area contributed by atoms with Crippen LogP contribution in [0.4, 0.5) is 20.2 Å². The summed E-state index contributed by atoms with van der Waals surface area (Å²) in [6, 6.07) is 6.33. The fourth-order valence-electron chi connectivity index (χ4n) is 2.07. The third kappa shape index (κ3) is 5.28. The predicted octanol–water partition coefficient (Wildman–Crippen LogP) is 4.71. The highest BCUT2D eigenvalue weighted by atomic mass is 127. The Bertz CT molecular complexity index is 878. The van der Waals surface area contributed by atoms with Gasteiger partial charge >= 0.3 is 0 Å². The smallest absolute Gasteiger partial charge is 0.277 e. The van der Waals surface area contributed by atoms with E-state index in [1.54, 1.807) is 32.9 Å². The van der Waals surface area contributed by atoms with Gasteiger partial charge in [-0.1, -0.05) is 11.6 Å². The minimum atomic E-state index is -1.29. The second-order valence-corrected chi connectivity index (χ2v) is 8.10. The van der Waals surface area contributed by atoms with Crippen LogP contribution in [0.25, 0.3) is 0 Å². The van der Waals surface area contributed by atoms with Crippen LogP contribution in [0.1, 0.15) is 29.8 Å². The van der Waals surface area contributed by atoms with Crippen molar-refractivity contribution >= 4 is 51.5 Å². The van der Waals surface area contributed by atoms with Crippen molar-refractivity contribution in [2.24, 2.45) is 0 Å². The number of halogens is 4. The molecule has 0 bridgehead atoms. The standard InChI is InChI=1S/C18H18ClF2IN2O3/c1-9-6-10(22)4-5-13(9)23-16-11(7-12(19)14(20)15(16)21)17(26)24-27-18(2,3)8-25/h4-7,23,25H,8H2,1-3H3,(H,24,26). The zero-order valence-corrected chi connectivity index (χ0v) is 17.7. The van der Waals surface area contributed by atoms with E-state index >= 15 is 0 Å². The van der Waals surface area contributed by atoms with Gasteiger partial charge in [0.2, 0.25) is 0 Å². The molecule has 146 valence electrons. The fourth-order valence-corrected chi connectivity index (χ4v) is 2.91. The van der Waals surface area contributed by atoms with E-state index in [4.69, 9.17) is 16.4 Å². The highest BCUT2D eigenvalue weighted by Crippen LogP contribution is 2.32. The lowest BCUT2D eigenvalue weighted by atomic mass is 10.1. The molecule has 2 aromatic rings. The van der Waals surface area contributed by atoms with Crippen molar-refractivity contribution in [3.63, 3.8) is 0 Å².